The molecule has 3 aromatic rings. The van der Waals surface area contributed by atoms with Gasteiger partial charge < -0.3 is 10.2 Å². The summed E-state index contributed by atoms with van der Waals surface area (Å²) in [5.41, 5.74) is 1.33. The van der Waals surface area contributed by atoms with Crippen molar-refractivity contribution < 1.29 is 22.8 Å². The van der Waals surface area contributed by atoms with Gasteiger partial charge in [-0.3, -0.25) is 14.5 Å². The first-order valence-corrected chi connectivity index (χ1v) is 14.0. The minimum atomic E-state index is -4.70. The molecule has 1 aliphatic carbocycles. The molecule has 1 saturated heterocycles. The number of thiocarbonyl (C=S) groups is 1. The van der Waals surface area contributed by atoms with Crippen LogP contribution in [0.25, 0.3) is 9.69 Å². The van der Waals surface area contributed by atoms with E-state index in [1.165, 1.54) is 6.07 Å². The van der Waals surface area contributed by atoms with Crippen LogP contribution < -0.4 is 15.1 Å². The third-order valence-corrected chi connectivity index (χ3v) is 8.29. The van der Waals surface area contributed by atoms with Crippen molar-refractivity contribution in [3.05, 3.63) is 100 Å². The Morgan fingerprint density at radius 3 is 2.23 bits per heavy atom. The molecular weight excluding hydrogens is 575 g/mol. The molecule has 0 unspecified atom stereocenters. The Bertz CT molecular complexity index is 1700. The maximum absolute atomic E-state index is 13.7. The number of halogens is 3. The third kappa shape index (κ3) is 5.56. The Balaban J connectivity index is 1.23. The summed E-state index contributed by atoms with van der Waals surface area (Å²) >= 11 is 5.83. The zero-order chi connectivity index (χ0) is 30.9. The standard InChI is InChI=1S/C32H26F3N5O2S/c1-20-18-24(13-15-26(20)36-2)39-29(42)31(16-5-17-31)40(30(39)43)23-11-8-21(9-12-23)6-4-7-28(41)38-22-10-14-27(37-3)25(19-22)32(33,34)35/h8-15,18-19H,4-7,16-17H2,1H3,(H,38,41). The van der Waals surface area contributed by atoms with Gasteiger partial charge in [0.15, 0.2) is 16.5 Å². The Kier molecular flexibility index (Phi) is 7.96. The molecule has 5 rings (SSSR count). The fourth-order valence-electron chi connectivity index (χ4n) is 5.54. The van der Waals surface area contributed by atoms with Crippen molar-refractivity contribution in [3.8, 4) is 0 Å². The summed E-state index contributed by atoms with van der Waals surface area (Å²) in [5, 5.41) is 2.87. The molecule has 7 nitrogen and oxygen atoms in total. The molecule has 2 amide bonds. The van der Waals surface area contributed by atoms with Crippen LogP contribution in [0.3, 0.4) is 0 Å². The van der Waals surface area contributed by atoms with E-state index in [2.05, 4.69) is 15.0 Å². The van der Waals surface area contributed by atoms with Crippen molar-refractivity contribution in [2.75, 3.05) is 15.1 Å². The number of nitrogens with zero attached hydrogens (tertiary/aromatic N) is 4. The first kappa shape index (κ1) is 29.7. The molecule has 218 valence electrons. The lowest BCUT2D eigenvalue weighted by Crippen LogP contribution is -2.55. The predicted octanol–water partition coefficient (Wildman–Crippen LogP) is 8.14. The molecule has 1 saturated carbocycles. The van der Waals surface area contributed by atoms with E-state index in [9.17, 15) is 22.8 Å². The van der Waals surface area contributed by atoms with Crippen molar-refractivity contribution in [2.24, 2.45) is 0 Å². The van der Waals surface area contributed by atoms with Crippen LogP contribution in [0, 0.1) is 20.1 Å². The van der Waals surface area contributed by atoms with Crippen molar-refractivity contribution in [1.82, 2.24) is 0 Å². The Morgan fingerprint density at radius 1 is 1.00 bits per heavy atom. The zero-order valence-corrected chi connectivity index (χ0v) is 24.0. The largest absolute Gasteiger partial charge is 0.407 e. The molecule has 0 bridgehead atoms. The number of hydrogen-bond donors (Lipinski definition) is 1. The summed E-state index contributed by atoms with van der Waals surface area (Å²) in [6.07, 6.45) is -1.29. The molecule has 1 aliphatic heterocycles. The molecule has 3 aromatic carbocycles. The number of nitrogens with one attached hydrogen (secondary N) is 1. The van der Waals surface area contributed by atoms with Crippen LogP contribution >= 0.6 is 12.2 Å². The van der Waals surface area contributed by atoms with Gasteiger partial charge in [-0.15, -0.1) is 0 Å². The van der Waals surface area contributed by atoms with Crippen LogP contribution in [0.5, 0.6) is 0 Å². The number of rotatable bonds is 7. The lowest BCUT2D eigenvalue weighted by atomic mass is 9.75. The molecule has 1 spiro atoms. The lowest BCUT2D eigenvalue weighted by molar-refractivity contribution is -0.136. The van der Waals surface area contributed by atoms with Gasteiger partial charge in [0.2, 0.25) is 5.91 Å². The number of benzene rings is 3. The van der Waals surface area contributed by atoms with E-state index in [0.29, 0.717) is 42.2 Å². The Morgan fingerprint density at radius 2 is 1.65 bits per heavy atom. The van der Waals surface area contributed by atoms with Gasteiger partial charge in [-0.1, -0.05) is 24.3 Å². The average molecular weight is 602 g/mol. The van der Waals surface area contributed by atoms with E-state index in [-0.39, 0.29) is 18.0 Å². The first-order valence-electron chi connectivity index (χ1n) is 13.6. The Labute approximate surface area is 252 Å². The second kappa shape index (κ2) is 11.5. The second-order valence-corrected chi connectivity index (χ2v) is 11.0. The highest BCUT2D eigenvalue weighted by molar-refractivity contribution is 7.81. The predicted molar refractivity (Wildman–Crippen MR) is 162 cm³/mol. The van der Waals surface area contributed by atoms with E-state index in [1.807, 2.05) is 42.2 Å². The molecule has 0 aromatic heterocycles. The van der Waals surface area contributed by atoms with Crippen LogP contribution in [0.2, 0.25) is 0 Å². The van der Waals surface area contributed by atoms with Gasteiger partial charge in [-0.2, -0.15) is 13.2 Å². The van der Waals surface area contributed by atoms with Gasteiger partial charge >= 0.3 is 6.18 Å². The molecule has 11 heteroatoms. The maximum Gasteiger partial charge on any atom is 0.407 e. The number of aryl methyl sites for hydroxylation is 2. The lowest BCUT2D eigenvalue weighted by Gasteiger charge is -2.43. The van der Waals surface area contributed by atoms with Gasteiger partial charge in [0.25, 0.3) is 5.91 Å². The van der Waals surface area contributed by atoms with Crippen molar-refractivity contribution in [2.45, 2.75) is 57.2 Å². The smallest absolute Gasteiger partial charge is 0.326 e. The first-order chi connectivity index (χ1) is 20.5. The van der Waals surface area contributed by atoms with Gasteiger partial charge in [0, 0.05) is 23.5 Å². The number of alkyl halides is 3. The third-order valence-electron chi connectivity index (χ3n) is 7.92. The van der Waals surface area contributed by atoms with Crippen LogP contribution in [-0.2, 0) is 22.2 Å². The molecule has 2 aliphatic rings. The zero-order valence-electron chi connectivity index (χ0n) is 23.2. The molecule has 2 fully saturated rings. The van der Waals surface area contributed by atoms with Gasteiger partial charge in [0.05, 0.1) is 18.7 Å². The van der Waals surface area contributed by atoms with E-state index >= 15 is 0 Å². The summed E-state index contributed by atoms with van der Waals surface area (Å²) in [5.74, 6) is -0.493. The number of anilines is 3. The highest BCUT2D eigenvalue weighted by Gasteiger charge is 2.59. The normalized spacial score (nSPS) is 15.7. The minimum Gasteiger partial charge on any atom is -0.326 e. The SMILES string of the molecule is [C-]#[N+]c1ccc(N2C(=O)C3(CCC3)N(c3ccc(CCCC(=O)Nc4ccc([N+]#[C-])c(C(F)(F)F)c4)cc3)C2=S)cc1C. The molecule has 43 heavy (non-hydrogen) atoms. The average Bonchev–Trinajstić information content (AvgIpc) is 3.19. The summed E-state index contributed by atoms with van der Waals surface area (Å²) in [6, 6.07) is 16.0. The van der Waals surface area contributed by atoms with Crippen molar-refractivity contribution >= 4 is 57.6 Å². The van der Waals surface area contributed by atoms with Crippen LogP contribution in [-0.4, -0.2) is 22.5 Å². The second-order valence-electron chi connectivity index (χ2n) is 10.6. The van der Waals surface area contributed by atoms with Crippen LogP contribution in [0.1, 0.15) is 48.8 Å². The summed E-state index contributed by atoms with van der Waals surface area (Å²) in [6.45, 7) is 16.1. The molecule has 1 heterocycles. The molecule has 0 atom stereocenters. The maximum atomic E-state index is 13.7. The Hall–Kier alpha value is -4.74. The molecular formula is C32H26F3N5O2S. The highest BCUT2D eigenvalue weighted by atomic mass is 32.1. The van der Waals surface area contributed by atoms with Gasteiger partial charge in [-0.25, -0.2) is 9.69 Å². The molecule has 0 radical (unpaired) electrons. The number of amides is 2. The highest BCUT2D eigenvalue weighted by Crippen LogP contribution is 2.48. The summed E-state index contributed by atoms with van der Waals surface area (Å²) in [4.78, 5) is 36.0. The number of hydrogen-bond acceptors (Lipinski definition) is 3. The fourth-order valence-corrected chi connectivity index (χ4v) is 6.01. The van der Waals surface area contributed by atoms with E-state index in [0.717, 1.165) is 35.4 Å². The van der Waals surface area contributed by atoms with Gasteiger partial charge in [-0.05, 0) is 98.8 Å². The summed E-state index contributed by atoms with van der Waals surface area (Å²) < 4.78 is 39.7. The van der Waals surface area contributed by atoms with Crippen LogP contribution in [0.15, 0.2) is 60.7 Å². The van der Waals surface area contributed by atoms with E-state index < -0.39 is 28.9 Å². The van der Waals surface area contributed by atoms with E-state index in [1.54, 1.807) is 17.0 Å². The number of carbonyl (C=O) groups is 2. The monoisotopic (exact) mass is 601 g/mol. The fraction of sp³-hybridized carbons (Fsp3) is 0.281. The topological polar surface area (TPSA) is 61.4 Å². The van der Waals surface area contributed by atoms with Crippen molar-refractivity contribution in [3.63, 3.8) is 0 Å². The number of carbonyl (C=O) groups excluding carboxylic acids is 2. The van der Waals surface area contributed by atoms with Gasteiger partial charge in [0.1, 0.15) is 5.54 Å². The minimum absolute atomic E-state index is 0.0123. The van der Waals surface area contributed by atoms with E-state index in [4.69, 9.17) is 25.4 Å². The van der Waals surface area contributed by atoms with Crippen LogP contribution in [0.4, 0.5) is 41.6 Å². The molecule has 1 N–H and O–H groups in total. The quantitative estimate of drug-likeness (QED) is 0.219. The summed E-state index contributed by atoms with van der Waals surface area (Å²) in [7, 11) is 0. The van der Waals surface area contributed by atoms with Crippen molar-refractivity contribution in [1.29, 1.82) is 0 Å².